The Bertz CT molecular complexity index is 563. The van der Waals surface area contributed by atoms with Gasteiger partial charge in [0.25, 0.3) is 0 Å². The number of aryl methyl sites for hydroxylation is 1. The number of nitrogens with zero attached hydrogens (tertiary/aromatic N) is 3. The van der Waals surface area contributed by atoms with Crippen LogP contribution in [0.1, 0.15) is 27.2 Å². The molecule has 0 spiro atoms. The summed E-state index contributed by atoms with van der Waals surface area (Å²) in [5.74, 6) is 0.0429. The van der Waals surface area contributed by atoms with E-state index in [1.54, 1.807) is 4.68 Å². The predicted octanol–water partition coefficient (Wildman–Crippen LogP) is 0.741. The summed E-state index contributed by atoms with van der Waals surface area (Å²) in [6.07, 6.45) is 2.35. The smallest absolute Gasteiger partial charge is 0.245 e. The molecule has 0 amide bonds. The number of nitrogens with one attached hydrogen (secondary N) is 1. The molecule has 122 valence electrons. The van der Waals surface area contributed by atoms with E-state index in [1.165, 1.54) is 6.20 Å². The van der Waals surface area contributed by atoms with E-state index in [0.717, 1.165) is 13.0 Å². The fourth-order valence-corrected chi connectivity index (χ4v) is 3.56. The van der Waals surface area contributed by atoms with Gasteiger partial charge in [0, 0.05) is 25.8 Å². The van der Waals surface area contributed by atoms with Crippen molar-refractivity contribution in [1.82, 2.24) is 19.4 Å². The van der Waals surface area contributed by atoms with E-state index < -0.39 is 10.0 Å². The summed E-state index contributed by atoms with van der Waals surface area (Å²) in [5.41, 5.74) is 5.54. The molecule has 0 bridgehead atoms. The third-order valence-electron chi connectivity index (χ3n) is 2.98. The molecule has 0 aromatic carbocycles. The molecule has 0 unspecified atom stereocenters. The molecule has 0 aliphatic heterocycles. The molecule has 0 atom stereocenters. The van der Waals surface area contributed by atoms with Crippen LogP contribution in [0.4, 0.5) is 5.82 Å². The zero-order valence-electron chi connectivity index (χ0n) is 13.5. The van der Waals surface area contributed by atoms with Gasteiger partial charge in [0.15, 0.2) is 5.82 Å². The highest BCUT2D eigenvalue weighted by Gasteiger charge is 2.25. The fraction of sp³-hybridized carbons (Fsp3) is 0.769. The first-order valence-electron chi connectivity index (χ1n) is 7.05. The molecular weight excluding hydrogens is 290 g/mol. The number of rotatable bonds is 8. The summed E-state index contributed by atoms with van der Waals surface area (Å²) < 4.78 is 28.9. The van der Waals surface area contributed by atoms with Crippen LogP contribution in [0.5, 0.6) is 0 Å². The fourth-order valence-electron chi connectivity index (χ4n) is 2.25. The average molecular weight is 317 g/mol. The summed E-state index contributed by atoms with van der Waals surface area (Å²) in [6, 6.07) is 0. The van der Waals surface area contributed by atoms with Crippen molar-refractivity contribution in [2.45, 2.75) is 38.6 Å². The molecule has 0 aliphatic carbocycles. The first-order valence-corrected chi connectivity index (χ1v) is 8.53. The van der Waals surface area contributed by atoms with Gasteiger partial charge in [0.2, 0.25) is 10.0 Å². The van der Waals surface area contributed by atoms with Crippen molar-refractivity contribution in [2.75, 3.05) is 32.9 Å². The van der Waals surface area contributed by atoms with Crippen LogP contribution >= 0.6 is 0 Å². The Hall–Kier alpha value is -1.12. The lowest BCUT2D eigenvalue weighted by molar-refractivity contribution is 0.242. The second kappa shape index (κ2) is 6.76. The van der Waals surface area contributed by atoms with Crippen LogP contribution < -0.4 is 10.5 Å². The van der Waals surface area contributed by atoms with Crippen molar-refractivity contribution < 1.29 is 8.42 Å². The van der Waals surface area contributed by atoms with E-state index in [1.807, 2.05) is 39.8 Å². The summed E-state index contributed by atoms with van der Waals surface area (Å²) in [5, 5.41) is 4.03. The van der Waals surface area contributed by atoms with Crippen LogP contribution in [0, 0.1) is 5.41 Å². The highest BCUT2D eigenvalue weighted by atomic mass is 32.2. The number of nitrogens with two attached hydrogens (primary N) is 1. The van der Waals surface area contributed by atoms with Crippen LogP contribution in [0.15, 0.2) is 11.1 Å². The van der Waals surface area contributed by atoms with Crippen molar-refractivity contribution >= 4 is 15.8 Å². The van der Waals surface area contributed by atoms with Gasteiger partial charge in [0.05, 0.1) is 0 Å². The Morgan fingerprint density at radius 1 is 1.43 bits per heavy atom. The van der Waals surface area contributed by atoms with Gasteiger partial charge in [-0.3, -0.25) is 4.68 Å². The maximum Gasteiger partial charge on any atom is 0.245 e. The molecule has 1 rings (SSSR count). The predicted molar refractivity (Wildman–Crippen MR) is 84.5 cm³/mol. The lowest BCUT2D eigenvalue weighted by atomic mass is 9.93. The number of nitrogen functional groups attached to an aromatic ring is 1. The SMILES string of the molecule is CCCn1cc(S(=O)(=O)NCC(C)(C)CN(C)C)c(N)n1. The molecule has 0 saturated heterocycles. The molecule has 0 fully saturated rings. The molecular formula is C13H27N5O2S. The second-order valence-electron chi connectivity index (χ2n) is 6.37. The largest absolute Gasteiger partial charge is 0.381 e. The third-order valence-corrected chi connectivity index (χ3v) is 4.40. The average Bonchev–Trinajstić information content (AvgIpc) is 2.68. The van der Waals surface area contributed by atoms with Gasteiger partial charge in [-0.25, -0.2) is 13.1 Å². The molecule has 21 heavy (non-hydrogen) atoms. The molecule has 3 N–H and O–H groups in total. The van der Waals surface area contributed by atoms with Gasteiger partial charge in [-0.15, -0.1) is 0 Å². The van der Waals surface area contributed by atoms with Crippen molar-refractivity contribution in [2.24, 2.45) is 5.41 Å². The van der Waals surface area contributed by atoms with E-state index >= 15 is 0 Å². The van der Waals surface area contributed by atoms with Crippen molar-refractivity contribution in [1.29, 1.82) is 0 Å². The number of hydrogen-bond donors (Lipinski definition) is 2. The summed E-state index contributed by atoms with van der Waals surface area (Å²) >= 11 is 0. The van der Waals surface area contributed by atoms with Crippen molar-refractivity contribution in [3.05, 3.63) is 6.20 Å². The summed E-state index contributed by atoms with van der Waals surface area (Å²) in [4.78, 5) is 2.08. The highest BCUT2D eigenvalue weighted by molar-refractivity contribution is 7.89. The number of anilines is 1. The maximum absolute atomic E-state index is 12.3. The lowest BCUT2D eigenvalue weighted by Crippen LogP contribution is -2.40. The molecule has 0 saturated carbocycles. The lowest BCUT2D eigenvalue weighted by Gasteiger charge is -2.28. The molecule has 1 aromatic heterocycles. The van der Waals surface area contributed by atoms with E-state index in [4.69, 9.17) is 5.73 Å². The molecule has 0 aliphatic rings. The summed E-state index contributed by atoms with van der Waals surface area (Å²) in [6.45, 7) is 7.78. The Morgan fingerprint density at radius 2 is 2.05 bits per heavy atom. The topological polar surface area (TPSA) is 93.2 Å². The minimum atomic E-state index is -3.63. The van der Waals surface area contributed by atoms with Crippen LogP contribution in [-0.4, -0.2) is 50.3 Å². The normalized spacial score (nSPS) is 13.0. The van der Waals surface area contributed by atoms with Crippen LogP contribution in [0.25, 0.3) is 0 Å². The number of aromatic nitrogens is 2. The molecule has 8 heteroatoms. The molecule has 1 heterocycles. The quantitative estimate of drug-likeness (QED) is 0.737. The van der Waals surface area contributed by atoms with E-state index in [-0.39, 0.29) is 16.1 Å². The Morgan fingerprint density at radius 3 is 2.57 bits per heavy atom. The maximum atomic E-state index is 12.3. The molecule has 0 radical (unpaired) electrons. The van der Waals surface area contributed by atoms with Crippen LogP contribution in [0.3, 0.4) is 0 Å². The van der Waals surface area contributed by atoms with E-state index in [0.29, 0.717) is 13.1 Å². The van der Waals surface area contributed by atoms with Gasteiger partial charge in [-0.2, -0.15) is 5.10 Å². The molecule has 7 nitrogen and oxygen atoms in total. The Balaban J connectivity index is 2.82. The Labute approximate surface area is 127 Å². The zero-order valence-corrected chi connectivity index (χ0v) is 14.4. The first-order chi connectivity index (χ1) is 9.57. The van der Waals surface area contributed by atoms with Gasteiger partial charge in [-0.05, 0) is 25.9 Å². The monoisotopic (exact) mass is 317 g/mol. The van der Waals surface area contributed by atoms with E-state index in [2.05, 4.69) is 9.82 Å². The van der Waals surface area contributed by atoms with Gasteiger partial charge in [-0.1, -0.05) is 20.8 Å². The minimum Gasteiger partial charge on any atom is -0.381 e. The number of sulfonamides is 1. The molecule has 1 aromatic rings. The highest BCUT2D eigenvalue weighted by Crippen LogP contribution is 2.19. The van der Waals surface area contributed by atoms with E-state index in [9.17, 15) is 8.42 Å². The minimum absolute atomic E-state index is 0.0429. The zero-order chi connectivity index (χ0) is 16.3. The van der Waals surface area contributed by atoms with Crippen molar-refractivity contribution in [3.63, 3.8) is 0 Å². The van der Waals surface area contributed by atoms with Gasteiger partial charge in [0.1, 0.15) is 4.90 Å². The summed E-state index contributed by atoms with van der Waals surface area (Å²) in [7, 11) is 0.288. The van der Waals surface area contributed by atoms with Gasteiger partial charge >= 0.3 is 0 Å². The first kappa shape index (κ1) is 17.9. The van der Waals surface area contributed by atoms with Crippen LogP contribution in [0.2, 0.25) is 0 Å². The second-order valence-corrected chi connectivity index (χ2v) is 8.10. The third kappa shape index (κ3) is 5.29. The Kier molecular flexibility index (Phi) is 5.77. The van der Waals surface area contributed by atoms with Crippen molar-refractivity contribution in [3.8, 4) is 0 Å². The van der Waals surface area contributed by atoms with Gasteiger partial charge < -0.3 is 10.6 Å². The standard InChI is InChI=1S/C13H27N5O2S/c1-6-7-18-8-11(12(14)16-18)21(19,20)15-9-13(2,3)10-17(4)5/h8,15H,6-7,9-10H2,1-5H3,(H2,14,16). The number of hydrogen-bond acceptors (Lipinski definition) is 5. The van der Waals surface area contributed by atoms with Crippen LogP contribution in [-0.2, 0) is 16.6 Å².